The molecule has 0 fully saturated rings. The lowest BCUT2D eigenvalue weighted by atomic mass is 10.2. The summed E-state index contributed by atoms with van der Waals surface area (Å²) in [6, 6.07) is 4.51. The van der Waals surface area contributed by atoms with Crippen molar-refractivity contribution in [2.75, 3.05) is 19.3 Å². The lowest BCUT2D eigenvalue weighted by molar-refractivity contribution is 0.0953. The van der Waals surface area contributed by atoms with Crippen molar-refractivity contribution in [3.63, 3.8) is 0 Å². The van der Waals surface area contributed by atoms with Crippen LogP contribution in [0.1, 0.15) is 16.8 Å². The highest BCUT2D eigenvalue weighted by molar-refractivity contribution is 9.10. The fourth-order valence-electron chi connectivity index (χ4n) is 1.30. The number of carbonyl (C=O) groups is 1. The summed E-state index contributed by atoms with van der Waals surface area (Å²) >= 11 is 3.12. The van der Waals surface area contributed by atoms with E-state index < -0.39 is 10.0 Å². The molecule has 106 valence electrons. The standard InChI is InChI=1S/C11H15BrN2O4S/c1-19(17,18)14-6-2-5-13-11(16)8-3-4-9(12)10(15)7-8/h3-4,7,14-15H,2,5-6H2,1H3,(H,13,16). The maximum absolute atomic E-state index is 11.7. The second-order valence-corrected chi connectivity index (χ2v) is 6.63. The number of sulfonamides is 1. The molecule has 0 aliphatic rings. The lowest BCUT2D eigenvalue weighted by Crippen LogP contribution is -2.29. The van der Waals surface area contributed by atoms with E-state index in [4.69, 9.17) is 0 Å². The van der Waals surface area contributed by atoms with Gasteiger partial charge in [0, 0.05) is 18.7 Å². The number of hydrogen-bond acceptors (Lipinski definition) is 4. The molecule has 0 bridgehead atoms. The minimum atomic E-state index is -3.19. The van der Waals surface area contributed by atoms with E-state index in [0.29, 0.717) is 23.0 Å². The van der Waals surface area contributed by atoms with Gasteiger partial charge >= 0.3 is 0 Å². The Morgan fingerprint density at radius 2 is 2.05 bits per heavy atom. The molecule has 0 aliphatic carbocycles. The molecule has 1 aromatic carbocycles. The van der Waals surface area contributed by atoms with Gasteiger partial charge in [-0.05, 0) is 40.5 Å². The molecule has 0 saturated heterocycles. The summed E-state index contributed by atoms with van der Waals surface area (Å²) in [6.07, 6.45) is 1.57. The van der Waals surface area contributed by atoms with Crippen LogP contribution in [0.5, 0.6) is 5.75 Å². The van der Waals surface area contributed by atoms with Crippen LogP contribution in [-0.4, -0.2) is 38.8 Å². The maximum atomic E-state index is 11.7. The van der Waals surface area contributed by atoms with Crippen LogP contribution in [0.2, 0.25) is 0 Å². The van der Waals surface area contributed by atoms with Gasteiger partial charge in [0.1, 0.15) is 5.75 Å². The summed E-state index contributed by atoms with van der Waals surface area (Å²) in [5, 5.41) is 12.1. The fourth-order valence-corrected chi connectivity index (χ4v) is 2.07. The third-order valence-corrected chi connectivity index (χ3v) is 3.61. The Hall–Kier alpha value is -1.12. The molecule has 1 amide bonds. The first-order chi connectivity index (χ1) is 8.79. The molecule has 6 nitrogen and oxygen atoms in total. The zero-order valence-electron chi connectivity index (χ0n) is 10.3. The molecule has 19 heavy (non-hydrogen) atoms. The van der Waals surface area contributed by atoms with Crippen molar-refractivity contribution >= 4 is 31.9 Å². The molecule has 0 aliphatic heterocycles. The number of hydrogen-bond donors (Lipinski definition) is 3. The van der Waals surface area contributed by atoms with Crippen LogP contribution < -0.4 is 10.0 Å². The molecular formula is C11H15BrN2O4S. The van der Waals surface area contributed by atoms with Crippen LogP contribution in [0.15, 0.2) is 22.7 Å². The van der Waals surface area contributed by atoms with E-state index in [9.17, 15) is 18.3 Å². The number of aromatic hydroxyl groups is 1. The molecule has 1 aromatic rings. The summed E-state index contributed by atoms with van der Waals surface area (Å²) in [6.45, 7) is 0.614. The Kier molecular flexibility index (Phi) is 5.77. The highest BCUT2D eigenvalue weighted by Gasteiger charge is 2.07. The van der Waals surface area contributed by atoms with Crippen molar-refractivity contribution in [2.24, 2.45) is 0 Å². The van der Waals surface area contributed by atoms with Crippen LogP contribution >= 0.6 is 15.9 Å². The second-order valence-electron chi connectivity index (χ2n) is 3.94. The zero-order valence-corrected chi connectivity index (χ0v) is 12.7. The summed E-state index contributed by atoms with van der Waals surface area (Å²) in [5.41, 5.74) is 0.344. The largest absolute Gasteiger partial charge is 0.507 e. The van der Waals surface area contributed by atoms with Crippen LogP contribution in [0.25, 0.3) is 0 Å². The van der Waals surface area contributed by atoms with Gasteiger partial charge in [-0.25, -0.2) is 13.1 Å². The topological polar surface area (TPSA) is 95.5 Å². The van der Waals surface area contributed by atoms with Crippen LogP contribution in [0.4, 0.5) is 0 Å². The van der Waals surface area contributed by atoms with Gasteiger partial charge in [-0.15, -0.1) is 0 Å². The van der Waals surface area contributed by atoms with Gasteiger partial charge in [-0.1, -0.05) is 0 Å². The monoisotopic (exact) mass is 350 g/mol. The molecule has 3 N–H and O–H groups in total. The average Bonchev–Trinajstić information content (AvgIpc) is 2.30. The van der Waals surface area contributed by atoms with E-state index in [-0.39, 0.29) is 18.2 Å². The minimum absolute atomic E-state index is 0.00797. The smallest absolute Gasteiger partial charge is 0.251 e. The number of phenols is 1. The van der Waals surface area contributed by atoms with E-state index in [1.54, 1.807) is 12.1 Å². The van der Waals surface area contributed by atoms with E-state index in [2.05, 4.69) is 26.0 Å². The highest BCUT2D eigenvalue weighted by Crippen LogP contribution is 2.24. The molecule has 0 aromatic heterocycles. The van der Waals surface area contributed by atoms with Gasteiger partial charge in [0.2, 0.25) is 10.0 Å². The van der Waals surface area contributed by atoms with Gasteiger partial charge in [0.15, 0.2) is 0 Å². The average molecular weight is 351 g/mol. The third kappa shape index (κ3) is 6.04. The molecule has 0 heterocycles. The van der Waals surface area contributed by atoms with Gasteiger partial charge in [-0.3, -0.25) is 4.79 Å². The van der Waals surface area contributed by atoms with Crippen LogP contribution in [-0.2, 0) is 10.0 Å². The Balaban J connectivity index is 2.37. The first-order valence-corrected chi connectivity index (χ1v) is 8.19. The number of carbonyl (C=O) groups excluding carboxylic acids is 1. The Bertz CT molecular complexity index is 560. The highest BCUT2D eigenvalue weighted by atomic mass is 79.9. The molecule has 0 atom stereocenters. The van der Waals surface area contributed by atoms with E-state index in [1.807, 2.05) is 0 Å². The quantitative estimate of drug-likeness (QED) is 0.662. The van der Waals surface area contributed by atoms with E-state index in [0.717, 1.165) is 6.26 Å². The van der Waals surface area contributed by atoms with Gasteiger partial charge in [0.25, 0.3) is 5.91 Å². The molecule has 0 unspecified atom stereocenters. The summed E-state index contributed by atoms with van der Waals surface area (Å²) in [7, 11) is -3.19. The first-order valence-electron chi connectivity index (χ1n) is 5.51. The number of amides is 1. The fraction of sp³-hybridized carbons (Fsp3) is 0.364. The van der Waals surface area contributed by atoms with Crippen molar-refractivity contribution < 1.29 is 18.3 Å². The number of halogens is 1. The SMILES string of the molecule is CS(=O)(=O)NCCCNC(=O)c1ccc(Br)c(O)c1. The predicted molar refractivity (Wildman–Crippen MR) is 75.6 cm³/mol. The summed E-state index contributed by atoms with van der Waals surface area (Å²) < 4.78 is 24.4. The molecule has 1 rings (SSSR count). The van der Waals surface area contributed by atoms with Crippen molar-refractivity contribution in [3.05, 3.63) is 28.2 Å². The van der Waals surface area contributed by atoms with Crippen molar-refractivity contribution in [2.45, 2.75) is 6.42 Å². The number of phenolic OH excluding ortho intramolecular Hbond substituents is 1. The van der Waals surface area contributed by atoms with Crippen molar-refractivity contribution in [1.82, 2.24) is 10.0 Å². The van der Waals surface area contributed by atoms with Crippen LogP contribution in [0.3, 0.4) is 0 Å². The number of benzene rings is 1. The Morgan fingerprint density at radius 3 is 2.63 bits per heavy atom. The van der Waals surface area contributed by atoms with E-state index in [1.165, 1.54) is 6.07 Å². The predicted octanol–water partition coefficient (Wildman–Crippen LogP) is 0.824. The zero-order chi connectivity index (χ0) is 14.5. The van der Waals surface area contributed by atoms with Gasteiger partial charge in [0.05, 0.1) is 10.7 Å². The number of nitrogens with one attached hydrogen (secondary N) is 2. The maximum Gasteiger partial charge on any atom is 0.251 e. The lowest BCUT2D eigenvalue weighted by Gasteiger charge is -2.06. The van der Waals surface area contributed by atoms with E-state index >= 15 is 0 Å². The molecule has 0 saturated carbocycles. The van der Waals surface area contributed by atoms with Crippen LogP contribution in [0, 0.1) is 0 Å². The summed E-state index contributed by atoms with van der Waals surface area (Å²) in [4.78, 5) is 11.7. The first kappa shape index (κ1) is 15.9. The second kappa shape index (κ2) is 6.88. The Labute approximate surface area is 120 Å². The Morgan fingerprint density at radius 1 is 1.37 bits per heavy atom. The third-order valence-electron chi connectivity index (χ3n) is 2.21. The molecule has 0 spiro atoms. The summed E-state index contributed by atoms with van der Waals surface area (Å²) in [5.74, 6) is -0.325. The van der Waals surface area contributed by atoms with Gasteiger partial charge < -0.3 is 10.4 Å². The normalized spacial score (nSPS) is 11.3. The van der Waals surface area contributed by atoms with Crippen molar-refractivity contribution in [1.29, 1.82) is 0 Å². The molecule has 8 heteroatoms. The van der Waals surface area contributed by atoms with Crippen molar-refractivity contribution in [3.8, 4) is 5.75 Å². The number of rotatable bonds is 6. The van der Waals surface area contributed by atoms with Gasteiger partial charge in [-0.2, -0.15) is 0 Å². The minimum Gasteiger partial charge on any atom is -0.507 e. The molecule has 0 radical (unpaired) electrons. The molecular weight excluding hydrogens is 336 g/mol.